The Labute approximate surface area is 98.7 Å². The molecule has 1 heterocycles. The summed E-state index contributed by atoms with van der Waals surface area (Å²) in [7, 11) is 0. The molecular formula is C13H11NOS. The molecule has 0 spiro atoms. The minimum Gasteiger partial charge on any atom is -0.475 e. The van der Waals surface area contributed by atoms with Crippen molar-refractivity contribution in [3.05, 3.63) is 41.8 Å². The summed E-state index contributed by atoms with van der Waals surface area (Å²) in [4.78, 5) is 1.15. The maximum absolute atomic E-state index is 8.75. The van der Waals surface area contributed by atoms with E-state index in [4.69, 9.17) is 10.00 Å². The van der Waals surface area contributed by atoms with Gasteiger partial charge in [0, 0.05) is 10.4 Å². The van der Waals surface area contributed by atoms with Gasteiger partial charge in [-0.3, -0.25) is 0 Å². The average Bonchev–Trinajstić information content (AvgIpc) is 2.83. The highest BCUT2D eigenvalue weighted by atomic mass is 32.1. The molecule has 0 bridgehead atoms. The van der Waals surface area contributed by atoms with Gasteiger partial charge in [0.2, 0.25) is 0 Å². The Morgan fingerprint density at radius 3 is 2.75 bits per heavy atom. The van der Waals surface area contributed by atoms with Crippen LogP contribution < -0.4 is 4.74 Å². The molecular weight excluding hydrogens is 218 g/mol. The van der Waals surface area contributed by atoms with E-state index in [0.29, 0.717) is 0 Å². The maximum Gasteiger partial charge on any atom is 0.181 e. The first-order valence-electron chi connectivity index (χ1n) is 5.00. The number of para-hydroxylation sites is 1. The third-order valence-electron chi connectivity index (χ3n) is 2.16. The molecule has 2 aromatic rings. The van der Waals surface area contributed by atoms with Crippen LogP contribution in [0.2, 0.25) is 0 Å². The van der Waals surface area contributed by atoms with Crippen molar-refractivity contribution in [3.63, 3.8) is 0 Å². The molecule has 1 aromatic heterocycles. The van der Waals surface area contributed by atoms with Crippen molar-refractivity contribution in [1.82, 2.24) is 0 Å². The number of nitriles is 1. The molecule has 3 heteroatoms. The summed E-state index contributed by atoms with van der Waals surface area (Å²) in [5.74, 6) is 0.763. The first kappa shape index (κ1) is 10.7. The molecule has 0 aliphatic rings. The summed E-state index contributed by atoms with van der Waals surface area (Å²) in [5.41, 5.74) is 1.04. The van der Waals surface area contributed by atoms with Gasteiger partial charge in [-0.05, 0) is 30.5 Å². The molecule has 2 nitrogen and oxygen atoms in total. The Morgan fingerprint density at radius 1 is 1.25 bits per heavy atom. The van der Waals surface area contributed by atoms with E-state index in [-0.39, 0.29) is 0 Å². The Morgan fingerprint density at radius 2 is 2.06 bits per heavy atom. The summed E-state index contributed by atoms with van der Waals surface area (Å²) in [5, 5.41) is 10.8. The first-order valence-corrected chi connectivity index (χ1v) is 5.88. The van der Waals surface area contributed by atoms with Crippen LogP contribution in [0.1, 0.15) is 6.92 Å². The summed E-state index contributed by atoms with van der Waals surface area (Å²) in [6.07, 6.45) is -0.430. The van der Waals surface area contributed by atoms with E-state index in [1.807, 2.05) is 41.8 Å². The molecule has 80 valence electrons. The van der Waals surface area contributed by atoms with Gasteiger partial charge < -0.3 is 4.74 Å². The van der Waals surface area contributed by atoms with Crippen molar-refractivity contribution in [2.24, 2.45) is 0 Å². The number of hydrogen-bond donors (Lipinski definition) is 0. The van der Waals surface area contributed by atoms with Gasteiger partial charge >= 0.3 is 0 Å². The fourth-order valence-corrected chi connectivity index (χ4v) is 2.18. The van der Waals surface area contributed by atoms with E-state index >= 15 is 0 Å². The highest BCUT2D eigenvalue weighted by Gasteiger charge is 2.09. The van der Waals surface area contributed by atoms with Gasteiger partial charge in [-0.1, -0.05) is 18.2 Å². The van der Waals surface area contributed by atoms with Crippen LogP contribution in [0.15, 0.2) is 41.8 Å². The second kappa shape index (κ2) is 4.82. The number of ether oxygens (including phenoxy) is 1. The lowest BCUT2D eigenvalue weighted by Gasteiger charge is -2.11. The Balaban J connectivity index is 2.36. The highest BCUT2D eigenvalue weighted by Crippen LogP contribution is 2.33. The molecule has 0 unspecified atom stereocenters. The number of nitrogens with zero attached hydrogens (tertiary/aromatic N) is 1. The number of benzene rings is 1. The summed E-state index contributed by atoms with van der Waals surface area (Å²) < 4.78 is 5.56. The Hall–Kier alpha value is -1.79. The molecule has 1 aromatic carbocycles. The number of rotatable bonds is 3. The van der Waals surface area contributed by atoms with Gasteiger partial charge in [-0.15, -0.1) is 11.3 Å². The van der Waals surface area contributed by atoms with Gasteiger partial charge in [0.1, 0.15) is 11.8 Å². The van der Waals surface area contributed by atoms with Gasteiger partial charge in [-0.2, -0.15) is 5.26 Å². The lowest BCUT2D eigenvalue weighted by molar-refractivity contribution is 0.278. The molecule has 0 saturated carbocycles. The largest absolute Gasteiger partial charge is 0.475 e. The van der Waals surface area contributed by atoms with Gasteiger partial charge in [0.25, 0.3) is 0 Å². The lowest BCUT2D eigenvalue weighted by Crippen LogP contribution is -2.08. The van der Waals surface area contributed by atoms with Crippen LogP contribution in [0.5, 0.6) is 5.75 Å². The molecule has 0 amide bonds. The van der Waals surface area contributed by atoms with E-state index in [0.717, 1.165) is 16.2 Å². The fraction of sp³-hybridized carbons (Fsp3) is 0.154. The van der Waals surface area contributed by atoms with Crippen molar-refractivity contribution >= 4 is 11.3 Å². The van der Waals surface area contributed by atoms with Gasteiger partial charge in [0.05, 0.1) is 0 Å². The van der Waals surface area contributed by atoms with Crippen LogP contribution >= 0.6 is 11.3 Å². The minimum atomic E-state index is -0.430. The second-order valence-corrected chi connectivity index (χ2v) is 4.31. The van der Waals surface area contributed by atoms with Crippen LogP contribution in [0.25, 0.3) is 10.4 Å². The van der Waals surface area contributed by atoms with Crippen molar-refractivity contribution in [3.8, 4) is 22.3 Å². The monoisotopic (exact) mass is 229 g/mol. The average molecular weight is 229 g/mol. The number of hydrogen-bond acceptors (Lipinski definition) is 3. The first-order chi connectivity index (χ1) is 7.81. The molecule has 0 saturated heterocycles. The molecule has 2 rings (SSSR count). The predicted octanol–water partition coefficient (Wildman–Crippen LogP) is 3.71. The molecule has 16 heavy (non-hydrogen) atoms. The molecule has 0 aliphatic heterocycles. The maximum atomic E-state index is 8.75. The number of thiophene rings is 1. The Kier molecular flexibility index (Phi) is 3.23. The third kappa shape index (κ3) is 2.23. The Bertz CT molecular complexity index is 499. The van der Waals surface area contributed by atoms with Crippen LogP contribution in [-0.2, 0) is 0 Å². The molecule has 0 fully saturated rings. The standard InChI is InChI=1S/C13H11NOS/c1-10(9-14)15-12-6-3-2-5-11(12)13-7-4-8-16-13/h2-8,10H,1H3/t10-/m0/s1. The zero-order valence-electron chi connectivity index (χ0n) is 8.88. The zero-order valence-corrected chi connectivity index (χ0v) is 9.70. The third-order valence-corrected chi connectivity index (χ3v) is 3.06. The van der Waals surface area contributed by atoms with E-state index in [1.165, 1.54) is 0 Å². The van der Waals surface area contributed by atoms with E-state index in [2.05, 4.69) is 6.07 Å². The summed E-state index contributed by atoms with van der Waals surface area (Å²) in [6, 6.07) is 13.9. The summed E-state index contributed by atoms with van der Waals surface area (Å²) in [6.45, 7) is 1.74. The molecule has 1 atom stereocenters. The van der Waals surface area contributed by atoms with E-state index in [1.54, 1.807) is 18.3 Å². The molecule has 0 radical (unpaired) electrons. The van der Waals surface area contributed by atoms with Crippen molar-refractivity contribution in [2.45, 2.75) is 13.0 Å². The second-order valence-electron chi connectivity index (χ2n) is 3.36. The van der Waals surface area contributed by atoms with Crippen molar-refractivity contribution < 1.29 is 4.74 Å². The molecule has 0 aliphatic carbocycles. The fourth-order valence-electron chi connectivity index (χ4n) is 1.42. The SMILES string of the molecule is C[C@@H](C#N)Oc1ccccc1-c1cccs1. The normalized spacial score (nSPS) is 11.8. The van der Waals surface area contributed by atoms with E-state index < -0.39 is 6.10 Å². The van der Waals surface area contributed by atoms with Gasteiger partial charge in [0.15, 0.2) is 6.10 Å². The van der Waals surface area contributed by atoms with Crippen LogP contribution in [0.4, 0.5) is 0 Å². The van der Waals surface area contributed by atoms with Gasteiger partial charge in [-0.25, -0.2) is 0 Å². The topological polar surface area (TPSA) is 33.0 Å². The van der Waals surface area contributed by atoms with Crippen molar-refractivity contribution in [2.75, 3.05) is 0 Å². The van der Waals surface area contributed by atoms with Crippen LogP contribution in [0, 0.1) is 11.3 Å². The van der Waals surface area contributed by atoms with Crippen LogP contribution in [-0.4, -0.2) is 6.10 Å². The highest BCUT2D eigenvalue weighted by molar-refractivity contribution is 7.13. The predicted molar refractivity (Wildman–Crippen MR) is 65.5 cm³/mol. The molecule has 0 N–H and O–H groups in total. The summed E-state index contributed by atoms with van der Waals surface area (Å²) >= 11 is 1.66. The van der Waals surface area contributed by atoms with E-state index in [9.17, 15) is 0 Å². The van der Waals surface area contributed by atoms with Crippen molar-refractivity contribution in [1.29, 1.82) is 5.26 Å². The quantitative estimate of drug-likeness (QED) is 0.803. The van der Waals surface area contributed by atoms with Crippen LogP contribution in [0.3, 0.4) is 0 Å². The minimum absolute atomic E-state index is 0.430. The smallest absolute Gasteiger partial charge is 0.181 e. The zero-order chi connectivity index (χ0) is 11.4. The lowest BCUT2D eigenvalue weighted by atomic mass is 10.1.